The molecular formula is C15H22FNO2. The van der Waals surface area contributed by atoms with Gasteiger partial charge in [0.05, 0.1) is 12.1 Å². The molecule has 0 unspecified atom stereocenters. The molecule has 1 aromatic rings. The first-order valence-corrected chi connectivity index (χ1v) is 6.55. The van der Waals surface area contributed by atoms with Crippen molar-refractivity contribution in [2.45, 2.75) is 39.7 Å². The van der Waals surface area contributed by atoms with Gasteiger partial charge in [0, 0.05) is 13.1 Å². The van der Waals surface area contributed by atoms with Crippen LogP contribution in [0.2, 0.25) is 0 Å². The van der Waals surface area contributed by atoms with Crippen LogP contribution < -0.4 is 4.90 Å². The minimum Gasteiger partial charge on any atom is -0.460 e. The molecule has 0 aliphatic rings. The highest BCUT2D eigenvalue weighted by Gasteiger charge is 2.17. The molecule has 0 spiro atoms. The van der Waals surface area contributed by atoms with Crippen molar-refractivity contribution >= 4 is 11.7 Å². The predicted octanol–water partition coefficient (Wildman–Crippen LogP) is 3.38. The van der Waals surface area contributed by atoms with Crippen LogP contribution in [-0.4, -0.2) is 24.7 Å². The molecule has 0 N–H and O–H groups in total. The maximum Gasteiger partial charge on any atom is 0.308 e. The summed E-state index contributed by atoms with van der Waals surface area (Å²) in [5.41, 5.74) is 0.0418. The third-order valence-corrected chi connectivity index (χ3v) is 2.58. The lowest BCUT2D eigenvalue weighted by Crippen LogP contribution is -2.30. The third kappa shape index (κ3) is 5.28. The molecule has 19 heavy (non-hydrogen) atoms. The van der Waals surface area contributed by atoms with E-state index in [0.29, 0.717) is 18.8 Å². The maximum atomic E-state index is 13.7. The highest BCUT2D eigenvalue weighted by Crippen LogP contribution is 2.19. The van der Waals surface area contributed by atoms with Gasteiger partial charge in [-0.05, 0) is 39.8 Å². The molecule has 3 nitrogen and oxygen atoms in total. The Labute approximate surface area is 114 Å². The number of anilines is 1. The summed E-state index contributed by atoms with van der Waals surface area (Å²) >= 11 is 0. The molecule has 0 bridgehead atoms. The molecule has 106 valence electrons. The van der Waals surface area contributed by atoms with Crippen molar-refractivity contribution in [1.82, 2.24) is 0 Å². The Balaban J connectivity index is 2.59. The highest BCUT2D eigenvalue weighted by atomic mass is 19.1. The Morgan fingerprint density at radius 3 is 2.47 bits per heavy atom. The molecular weight excluding hydrogens is 245 g/mol. The number of ether oxygens (including phenoxy) is 1. The first-order chi connectivity index (χ1) is 8.83. The van der Waals surface area contributed by atoms with E-state index in [9.17, 15) is 9.18 Å². The molecule has 0 amide bonds. The fraction of sp³-hybridized carbons (Fsp3) is 0.533. The maximum absolute atomic E-state index is 13.7. The van der Waals surface area contributed by atoms with Gasteiger partial charge in [0.25, 0.3) is 0 Å². The zero-order valence-corrected chi connectivity index (χ0v) is 12.1. The summed E-state index contributed by atoms with van der Waals surface area (Å²) in [5.74, 6) is -0.532. The van der Waals surface area contributed by atoms with Gasteiger partial charge < -0.3 is 9.64 Å². The summed E-state index contributed by atoms with van der Waals surface area (Å²) in [6, 6.07) is 6.58. The number of carbonyl (C=O) groups is 1. The highest BCUT2D eigenvalue weighted by molar-refractivity contribution is 5.70. The Hall–Kier alpha value is -1.58. The van der Waals surface area contributed by atoms with Crippen LogP contribution in [-0.2, 0) is 9.53 Å². The molecule has 0 atom stereocenters. The number of halogens is 1. The Bertz CT molecular complexity index is 426. The fourth-order valence-electron chi connectivity index (χ4n) is 1.78. The molecule has 0 radical (unpaired) electrons. The SMILES string of the molecule is CCN(CCC(=O)OC(C)(C)C)c1ccccc1F. The van der Waals surface area contributed by atoms with Gasteiger partial charge in [-0.25, -0.2) is 4.39 Å². The minimum absolute atomic E-state index is 0.249. The largest absolute Gasteiger partial charge is 0.460 e. The number of para-hydroxylation sites is 1. The van der Waals surface area contributed by atoms with Crippen LogP contribution in [0.15, 0.2) is 24.3 Å². The van der Waals surface area contributed by atoms with E-state index in [1.165, 1.54) is 6.07 Å². The van der Waals surface area contributed by atoms with E-state index in [-0.39, 0.29) is 18.2 Å². The summed E-state index contributed by atoms with van der Waals surface area (Å²) in [6.45, 7) is 8.52. The summed E-state index contributed by atoms with van der Waals surface area (Å²) in [7, 11) is 0. The van der Waals surface area contributed by atoms with Crippen molar-refractivity contribution in [2.75, 3.05) is 18.0 Å². The Morgan fingerprint density at radius 2 is 1.95 bits per heavy atom. The average molecular weight is 267 g/mol. The second kappa shape index (κ2) is 6.55. The summed E-state index contributed by atoms with van der Waals surface area (Å²) < 4.78 is 18.9. The number of benzene rings is 1. The van der Waals surface area contributed by atoms with E-state index >= 15 is 0 Å². The van der Waals surface area contributed by atoms with Crippen LogP contribution in [0.5, 0.6) is 0 Å². The zero-order valence-electron chi connectivity index (χ0n) is 12.1. The van der Waals surface area contributed by atoms with Crippen LogP contribution in [0.1, 0.15) is 34.1 Å². The molecule has 0 fully saturated rings. The van der Waals surface area contributed by atoms with E-state index < -0.39 is 5.60 Å². The second-order valence-electron chi connectivity index (χ2n) is 5.37. The Kier molecular flexibility index (Phi) is 5.33. The summed E-state index contributed by atoms with van der Waals surface area (Å²) in [6.07, 6.45) is 0.249. The number of esters is 1. The molecule has 4 heteroatoms. The second-order valence-corrected chi connectivity index (χ2v) is 5.37. The molecule has 0 aromatic heterocycles. The Morgan fingerprint density at radius 1 is 1.32 bits per heavy atom. The lowest BCUT2D eigenvalue weighted by molar-refractivity contribution is -0.154. The third-order valence-electron chi connectivity index (χ3n) is 2.58. The van der Waals surface area contributed by atoms with Crippen LogP contribution in [0, 0.1) is 5.82 Å². The van der Waals surface area contributed by atoms with Crippen molar-refractivity contribution in [3.05, 3.63) is 30.1 Å². The molecule has 0 saturated carbocycles. The van der Waals surface area contributed by atoms with Crippen molar-refractivity contribution in [3.8, 4) is 0 Å². The predicted molar refractivity (Wildman–Crippen MR) is 74.7 cm³/mol. The minimum atomic E-state index is -0.480. The number of carbonyl (C=O) groups excluding carboxylic acids is 1. The normalized spacial score (nSPS) is 11.2. The number of hydrogen-bond donors (Lipinski definition) is 0. The lowest BCUT2D eigenvalue weighted by atomic mass is 10.2. The van der Waals surface area contributed by atoms with Gasteiger partial charge in [-0.3, -0.25) is 4.79 Å². The monoisotopic (exact) mass is 267 g/mol. The summed E-state index contributed by atoms with van der Waals surface area (Å²) in [4.78, 5) is 13.5. The van der Waals surface area contributed by atoms with Crippen LogP contribution in [0.25, 0.3) is 0 Å². The fourth-order valence-corrected chi connectivity index (χ4v) is 1.78. The van der Waals surface area contributed by atoms with E-state index in [1.807, 2.05) is 32.6 Å². The quantitative estimate of drug-likeness (QED) is 0.766. The van der Waals surface area contributed by atoms with Crippen molar-refractivity contribution in [1.29, 1.82) is 0 Å². The average Bonchev–Trinajstić information content (AvgIpc) is 2.29. The topological polar surface area (TPSA) is 29.5 Å². The van der Waals surface area contributed by atoms with Crippen LogP contribution in [0.4, 0.5) is 10.1 Å². The number of hydrogen-bond acceptors (Lipinski definition) is 3. The first-order valence-electron chi connectivity index (χ1n) is 6.55. The van der Waals surface area contributed by atoms with Gasteiger partial charge in [0.15, 0.2) is 0 Å². The standard InChI is InChI=1S/C15H22FNO2/c1-5-17(13-9-7-6-8-12(13)16)11-10-14(18)19-15(2,3)4/h6-9H,5,10-11H2,1-4H3. The number of rotatable bonds is 5. The lowest BCUT2D eigenvalue weighted by Gasteiger charge is -2.24. The van der Waals surface area contributed by atoms with Gasteiger partial charge in [-0.15, -0.1) is 0 Å². The van der Waals surface area contributed by atoms with Gasteiger partial charge in [-0.1, -0.05) is 12.1 Å². The van der Waals surface area contributed by atoms with Gasteiger partial charge in [0.1, 0.15) is 11.4 Å². The molecule has 0 heterocycles. The van der Waals surface area contributed by atoms with E-state index in [4.69, 9.17) is 4.74 Å². The molecule has 0 aliphatic carbocycles. The molecule has 0 aliphatic heterocycles. The zero-order chi connectivity index (χ0) is 14.5. The van der Waals surface area contributed by atoms with E-state index in [0.717, 1.165) is 0 Å². The van der Waals surface area contributed by atoms with Gasteiger partial charge in [0.2, 0.25) is 0 Å². The van der Waals surface area contributed by atoms with Gasteiger partial charge >= 0.3 is 5.97 Å². The number of nitrogens with zero attached hydrogens (tertiary/aromatic N) is 1. The van der Waals surface area contributed by atoms with Crippen LogP contribution in [0.3, 0.4) is 0 Å². The smallest absolute Gasteiger partial charge is 0.308 e. The van der Waals surface area contributed by atoms with E-state index in [1.54, 1.807) is 18.2 Å². The molecule has 1 aromatic carbocycles. The summed E-state index contributed by atoms with van der Waals surface area (Å²) in [5, 5.41) is 0. The van der Waals surface area contributed by atoms with E-state index in [2.05, 4.69) is 0 Å². The van der Waals surface area contributed by atoms with Crippen LogP contribution >= 0.6 is 0 Å². The first kappa shape index (κ1) is 15.5. The van der Waals surface area contributed by atoms with Gasteiger partial charge in [-0.2, -0.15) is 0 Å². The molecule has 1 rings (SSSR count). The molecule has 0 saturated heterocycles. The van der Waals surface area contributed by atoms with Crippen molar-refractivity contribution < 1.29 is 13.9 Å². The van der Waals surface area contributed by atoms with Crippen molar-refractivity contribution in [3.63, 3.8) is 0 Å². The van der Waals surface area contributed by atoms with Crippen molar-refractivity contribution in [2.24, 2.45) is 0 Å².